The van der Waals surface area contributed by atoms with Gasteiger partial charge in [0.1, 0.15) is 16.5 Å². The van der Waals surface area contributed by atoms with Crippen molar-refractivity contribution in [2.75, 3.05) is 4.90 Å². The van der Waals surface area contributed by atoms with E-state index in [0.717, 1.165) is 27.2 Å². The third kappa shape index (κ3) is 3.73. The lowest BCUT2D eigenvalue weighted by molar-refractivity contribution is 0.0988. The van der Waals surface area contributed by atoms with Crippen molar-refractivity contribution in [1.29, 1.82) is 0 Å². The normalized spacial score (nSPS) is 11.0. The number of hydrogen-bond acceptors (Lipinski definition) is 5. The van der Waals surface area contributed by atoms with Crippen LogP contribution >= 0.6 is 11.3 Å². The minimum atomic E-state index is -0.349. The molecule has 0 bridgehead atoms. The van der Waals surface area contributed by atoms with E-state index in [1.165, 1.54) is 23.5 Å². The molecule has 0 spiro atoms. The molecular weight excluding hydrogens is 387 g/mol. The molecule has 0 aliphatic carbocycles. The van der Waals surface area contributed by atoms with E-state index in [1.54, 1.807) is 23.2 Å². The maximum absolute atomic E-state index is 13.6. The number of aryl methyl sites for hydroxylation is 3. The number of amides is 1. The Hall–Kier alpha value is -3.19. The lowest BCUT2D eigenvalue weighted by Gasteiger charge is -2.22. The average molecular weight is 406 g/mol. The highest BCUT2D eigenvalue weighted by Gasteiger charge is 2.25. The van der Waals surface area contributed by atoms with Gasteiger partial charge in [0.2, 0.25) is 0 Å². The van der Waals surface area contributed by atoms with Crippen molar-refractivity contribution in [2.45, 2.75) is 27.3 Å². The van der Waals surface area contributed by atoms with Gasteiger partial charge in [-0.2, -0.15) is 0 Å². The summed E-state index contributed by atoms with van der Waals surface area (Å²) in [6, 6.07) is 11.5. The zero-order valence-electron chi connectivity index (χ0n) is 16.3. The maximum atomic E-state index is 13.6. The molecule has 0 N–H and O–H groups in total. The number of carbonyl (C=O) groups is 1. The van der Waals surface area contributed by atoms with E-state index in [0.29, 0.717) is 16.4 Å². The van der Waals surface area contributed by atoms with Crippen molar-refractivity contribution in [3.63, 3.8) is 0 Å². The maximum Gasteiger partial charge on any atom is 0.269 e. The summed E-state index contributed by atoms with van der Waals surface area (Å²) >= 11 is 1.36. The first-order valence-corrected chi connectivity index (χ1v) is 9.97. The van der Waals surface area contributed by atoms with Crippen LogP contribution in [-0.2, 0) is 6.54 Å². The number of benzene rings is 1. The number of anilines is 1. The summed E-state index contributed by atoms with van der Waals surface area (Å²) in [6.07, 6.45) is 1.69. The van der Waals surface area contributed by atoms with E-state index in [1.807, 2.05) is 39.0 Å². The SMILES string of the molecule is Cc1nc(C)c2c(C)c(C(=O)N(Cc3ccccn3)c3ccc(F)cc3)sc2n1. The summed E-state index contributed by atoms with van der Waals surface area (Å²) in [7, 11) is 0. The summed E-state index contributed by atoms with van der Waals surface area (Å²) in [5.74, 6) is 0.164. The molecule has 0 saturated carbocycles. The highest BCUT2D eigenvalue weighted by Crippen LogP contribution is 2.33. The molecule has 0 aliphatic rings. The van der Waals surface area contributed by atoms with E-state index in [4.69, 9.17) is 0 Å². The van der Waals surface area contributed by atoms with Gasteiger partial charge in [-0.05, 0) is 62.7 Å². The Balaban J connectivity index is 1.81. The van der Waals surface area contributed by atoms with Crippen molar-refractivity contribution >= 4 is 33.1 Å². The summed E-state index contributed by atoms with van der Waals surface area (Å²) in [4.78, 5) is 29.9. The van der Waals surface area contributed by atoms with E-state index in [9.17, 15) is 9.18 Å². The second-order valence-electron chi connectivity index (χ2n) is 6.78. The molecule has 0 fully saturated rings. The molecule has 4 aromatic rings. The molecule has 29 heavy (non-hydrogen) atoms. The quantitative estimate of drug-likeness (QED) is 0.479. The molecule has 5 nitrogen and oxygen atoms in total. The number of halogens is 1. The van der Waals surface area contributed by atoms with Crippen LogP contribution in [0.3, 0.4) is 0 Å². The second-order valence-corrected chi connectivity index (χ2v) is 7.78. The minimum Gasteiger partial charge on any atom is -0.302 e. The average Bonchev–Trinajstić information content (AvgIpc) is 3.03. The number of pyridine rings is 1. The van der Waals surface area contributed by atoms with Crippen molar-refractivity contribution in [3.05, 3.63) is 82.1 Å². The largest absolute Gasteiger partial charge is 0.302 e. The zero-order valence-corrected chi connectivity index (χ0v) is 17.1. The summed E-state index contributed by atoms with van der Waals surface area (Å²) in [5, 5.41) is 0.917. The smallest absolute Gasteiger partial charge is 0.269 e. The van der Waals surface area contributed by atoms with E-state index in [-0.39, 0.29) is 18.3 Å². The van der Waals surface area contributed by atoms with Crippen LogP contribution in [0.1, 0.15) is 32.4 Å². The molecule has 0 unspecified atom stereocenters. The Labute approximate surface area is 171 Å². The van der Waals surface area contributed by atoms with Crippen LogP contribution in [-0.4, -0.2) is 20.9 Å². The Morgan fingerprint density at radius 2 is 1.83 bits per heavy atom. The van der Waals surface area contributed by atoms with Gasteiger partial charge in [-0.15, -0.1) is 11.3 Å². The van der Waals surface area contributed by atoms with Crippen LogP contribution in [0, 0.1) is 26.6 Å². The molecule has 7 heteroatoms. The molecule has 0 aliphatic heterocycles. The highest BCUT2D eigenvalue weighted by molar-refractivity contribution is 7.20. The van der Waals surface area contributed by atoms with Gasteiger partial charge in [-0.3, -0.25) is 9.78 Å². The summed E-state index contributed by atoms with van der Waals surface area (Å²) < 4.78 is 13.5. The lowest BCUT2D eigenvalue weighted by atomic mass is 10.1. The Bertz CT molecular complexity index is 1190. The molecule has 146 valence electrons. The van der Waals surface area contributed by atoms with E-state index >= 15 is 0 Å². The Kier molecular flexibility index (Phi) is 5.07. The van der Waals surface area contributed by atoms with Crippen LogP contribution in [0.2, 0.25) is 0 Å². The summed E-state index contributed by atoms with van der Waals surface area (Å²) in [5.41, 5.74) is 3.08. The number of fused-ring (bicyclic) bond motifs is 1. The van der Waals surface area contributed by atoms with Crippen molar-refractivity contribution in [3.8, 4) is 0 Å². The number of thiophene rings is 1. The molecule has 0 saturated heterocycles. The molecule has 4 rings (SSSR count). The third-order valence-corrected chi connectivity index (χ3v) is 5.88. The van der Waals surface area contributed by atoms with Crippen LogP contribution in [0.25, 0.3) is 10.2 Å². The molecular formula is C22H19FN4OS. The molecule has 3 heterocycles. The van der Waals surface area contributed by atoms with Gasteiger partial charge in [-0.25, -0.2) is 14.4 Å². The van der Waals surface area contributed by atoms with Crippen LogP contribution in [0.5, 0.6) is 0 Å². The van der Waals surface area contributed by atoms with Crippen LogP contribution < -0.4 is 4.90 Å². The fourth-order valence-corrected chi connectivity index (χ4v) is 4.58. The van der Waals surface area contributed by atoms with Crippen LogP contribution in [0.15, 0.2) is 48.7 Å². The topological polar surface area (TPSA) is 59.0 Å². The second kappa shape index (κ2) is 7.67. The first-order valence-electron chi connectivity index (χ1n) is 9.15. The number of hydrogen-bond donors (Lipinski definition) is 0. The number of aromatic nitrogens is 3. The van der Waals surface area contributed by atoms with Gasteiger partial charge in [0.15, 0.2) is 0 Å². The predicted octanol–water partition coefficient (Wildman–Crippen LogP) is 5.00. The fraction of sp³-hybridized carbons (Fsp3) is 0.182. The van der Waals surface area contributed by atoms with Crippen molar-refractivity contribution in [1.82, 2.24) is 15.0 Å². The number of nitrogens with zero attached hydrogens (tertiary/aromatic N) is 4. The first kappa shape index (κ1) is 19.1. The van der Waals surface area contributed by atoms with E-state index in [2.05, 4.69) is 15.0 Å². The lowest BCUT2D eigenvalue weighted by Crippen LogP contribution is -2.30. The van der Waals surface area contributed by atoms with Gasteiger partial charge >= 0.3 is 0 Å². The van der Waals surface area contributed by atoms with Gasteiger partial charge in [0, 0.05) is 23.0 Å². The van der Waals surface area contributed by atoms with Crippen LogP contribution in [0.4, 0.5) is 10.1 Å². The Morgan fingerprint density at radius 1 is 1.07 bits per heavy atom. The predicted molar refractivity (Wildman–Crippen MR) is 113 cm³/mol. The number of carbonyl (C=O) groups excluding carboxylic acids is 1. The van der Waals surface area contributed by atoms with Gasteiger partial charge < -0.3 is 4.90 Å². The summed E-state index contributed by atoms with van der Waals surface area (Å²) in [6.45, 7) is 5.97. The number of rotatable bonds is 4. The minimum absolute atomic E-state index is 0.167. The molecule has 3 aromatic heterocycles. The third-order valence-electron chi connectivity index (χ3n) is 4.71. The first-order chi connectivity index (χ1) is 13.9. The van der Waals surface area contributed by atoms with Crippen molar-refractivity contribution in [2.24, 2.45) is 0 Å². The van der Waals surface area contributed by atoms with Gasteiger partial charge in [0.05, 0.1) is 17.1 Å². The Morgan fingerprint density at radius 3 is 2.52 bits per heavy atom. The molecule has 0 atom stereocenters. The standard InChI is InChI=1S/C22H19FN4OS/c1-13-19-14(2)25-15(3)26-21(19)29-20(13)22(28)27(12-17-6-4-5-11-24-17)18-9-7-16(23)8-10-18/h4-11H,12H2,1-3H3. The highest BCUT2D eigenvalue weighted by atomic mass is 32.1. The fourth-order valence-electron chi connectivity index (χ4n) is 3.36. The van der Waals surface area contributed by atoms with E-state index < -0.39 is 0 Å². The zero-order chi connectivity index (χ0) is 20.5. The van der Waals surface area contributed by atoms with Gasteiger partial charge in [0.25, 0.3) is 5.91 Å². The molecule has 1 amide bonds. The molecule has 0 radical (unpaired) electrons. The van der Waals surface area contributed by atoms with Crippen molar-refractivity contribution < 1.29 is 9.18 Å². The van der Waals surface area contributed by atoms with Gasteiger partial charge in [-0.1, -0.05) is 6.07 Å². The monoisotopic (exact) mass is 406 g/mol. The molecule has 1 aromatic carbocycles.